The highest BCUT2D eigenvalue weighted by atomic mass is 32.1. The maximum Gasteiger partial charge on any atom is 0.0249 e. The molecule has 1 aromatic heterocycles. The van der Waals surface area contributed by atoms with E-state index in [9.17, 15) is 0 Å². The molecule has 0 aromatic carbocycles. The molecule has 0 aliphatic rings. The summed E-state index contributed by atoms with van der Waals surface area (Å²) in [6, 6.07) is 0. The van der Waals surface area contributed by atoms with Crippen LogP contribution in [0.25, 0.3) is 0 Å². The van der Waals surface area contributed by atoms with Crippen LogP contribution >= 0.6 is 11.3 Å². The fourth-order valence-electron chi connectivity index (χ4n) is 1.62. The Kier molecular flexibility index (Phi) is 4.77. The van der Waals surface area contributed by atoms with E-state index < -0.39 is 0 Å². The first kappa shape index (κ1) is 12.7. The maximum atomic E-state index is 3.50. The van der Waals surface area contributed by atoms with Crippen LogP contribution in [0.3, 0.4) is 0 Å². The standard InChI is InChI=1S/C12H22N2S/c1-5-14-12(3,4)9-13-6-11-8-15-7-10(11)2/h7-8,13-14H,5-6,9H2,1-4H3. The van der Waals surface area contributed by atoms with Gasteiger partial charge in [-0.1, -0.05) is 6.92 Å². The van der Waals surface area contributed by atoms with Gasteiger partial charge in [-0.2, -0.15) is 11.3 Å². The molecule has 1 heterocycles. The predicted octanol–water partition coefficient (Wildman–Crippen LogP) is 2.53. The van der Waals surface area contributed by atoms with Crippen molar-refractivity contribution in [1.82, 2.24) is 10.6 Å². The molecular weight excluding hydrogens is 204 g/mol. The number of likely N-dealkylation sites (N-methyl/N-ethyl adjacent to an activating group) is 1. The molecule has 1 rings (SSSR count). The van der Waals surface area contributed by atoms with Crippen LogP contribution < -0.4 is 10.6 Å². The van der Waals surface area contributed by atoms with Crippen molar-refractivity contribution in [2.75, 3.05) is 13.1 Å². The second-order valence-electron chi connectivity index (χ2n) is 4.60. The summed E-state index contributed by atoms with van der Waals surface area (Å²) in [5, 5.41) is 11.4. The van der Waals surface area contributed by atoms with Crippen LogP contribution in [-0.4, -0.2) is 18.6 Å². The van der Waals surface area contributed by atoms with Gasteiger partial charge in [0.2, 0.25) is 0 Å². The van der Waals surface area contributed by atoms with Gasteiger partial charge in [0, 0.05) is 18.6 Å². The second kappa shape index (κ2) is 5.64. The average molecular weight is 226 g/mol. The molecule has 0 atom stereocenters. The summed E-state index contributed by atoms with van der Waals surface area (Å²) in [5.41, 5.74) is 3.00. The van der Waals surface area contributed by atoms with Crippen molar-refractivity contribution in [2.45, 2.75) is 39.8 Å². The third-order valence-electron chi connectivity index (χ3n) is 2.50. The van der Waals surface area contributed by atoms with E-state index in [4.69, 9.17) is 0 Å². The molecule has 1 aromatic rings. The third-order valence-corrected chi connectivity index (χ3v) is 3.41. The molecule has 0 saturated heterocycles. The van der Waals surface area contributed by atoms with E-state index >= 15 is 0 Å². The Hall–Kier alpha value is -0.380. The minimum Gasteiger partial charge on any atom is -0.311 e. The molecule has 86 valence electrons. The van der Waals surface area contributed by atoms with E-state index in [2.05, 4.69) is 49.1 Å². The van der Waals surface area contributed by atoms with Crippen molar-refractivity contribution in [2.24, 2.45) is 0 Å². The number of aryl methyl sites for hydroxylation is 1. The van der Waals surface area contributed by atoms with Gasteiger partial charge in [-0.25, -0.2) is 0 Å². The quantitative estimate of drug-likeness (QED) is 0.779. The Morgan fingerprint density at radius 3 is 2.60 bits per heavy atom. The molecule has 0 bridgehead atoms. The van der Waals surface area contributed by atoms with Gasteiger partial charge in [-0.05, 0) is 49.2 Å². The first-order chi connectivity index (χ1) is 7.05. The van der Waals surface area contributed by atoms with Crippen molar-refractivity contribution in [3.8, 4) is 0 Å². The first-order valence-electron chi connectivity index (χ1n) is 5.52. The van der Waals surface area contributed by atoms with E-state index in [0.29, 0.717) is 0 Å². The second-order valence-corrected chi connectivity index (χ2v) is 5.34. The van der Waals surface area contributed by atoms with Crippen molar-refractivity contribution in [1.29, 1.82) is 0 Å². The molecule has 0 aliphatic carbocycles. The van der Waals surface area contributed by atoms with Crippen molar-refractivity contribution in [3.05, 3.63) is 21.9 Å². The van der Waals surface area contributed by atoms with Crippen molar-refractivity contribution < 1.29 is 0 Å². The van der Waals surface area contributed by atoms with Gasteiger partial charge >= 0.3 is 0 Å². The zero-order valence-electron chi connectivity index (χ0n) is 10.2. The molecule has 3 heteroatoms. The van der Waals surface area contributed by atoms with Gasteiger partial charge < -0.3 is 10.6 Å². The molecular formula is C12H22N2S. The summed E-state index contributed by atoms with van der Waals surface area (Å²) >= 11 is 1.78. The van der Waals surface area contributed by atoms with E-state index in [1.54, 1.807) is 11.3 Å². The van der Waals surface area contributed by atoms with Crippen molar-refractivity contribution in [3.63, 3.8) is 0 Å². The number of nitrogens with one attached hydrogen (secondary N) is 2. The summed E-state index contributed by atoms with van der Waals surface area (Å²) < 4.78 is 0. The molecule has 15 heavy (non-hydrogen) atoms. The van der Waals surface area contributed by atoms with Gasteiger partial charge in [0.25, 0.3) is 0 Å². The fourth-order valence-corrected chi connectivity index (χ4v) is 2.48. The van der Waals surface area contributed by atoms with Gasteiger partial charge in [0.15, 0.2) is 0 Å². The Labute approximate surface area is 97.1 Å². The lowest BCUT2D eigenvalue weighted by molar-refractivity contribution is 0.373. The number of hydrogen-bond donors (Lipinski definition) is 2. The third kappa shape index (κ3) is 4.33. The molecule has 0 fully saturated rings. The van der Waals surface area contributed by atoms with Crippen LogP contribution in [-0.2, 0) is 6.54 Å². The summed E-state index contributed by atoms with van der Waals surface area (Å²) in [6.45, 7) is 11.8. The Balaban J connectivity index is 2.30. The summed E-state index contributed by atoms with van der Waals surface area (Å²) in [4.78, 5) is 0. The highest BCUT2D eigenvalue weighted by molar-refractivity contribution is 7.08. The number of rotatable bonds is 6. The molecule has 2 nitrogen and oxygen atoms in total. The van der Waals surface area contributed by atoms with E-state index in [1.807, 2.05) is 0 Å². The van der Waals surface area contributed by atoms with Gasteiger partial charge in [-0.15, -0.1) is 0 Å². The van der Waals surface area contributed by atoms with Crippen molar-refractivity contribution >= 4 is 11.3 Å². The smallest absolute Gasteiger partial charge is 0.0249 e. The van der Waals surface area contributed by atoms with Crippen LogP contribution in [0.5, 0.6) is 0 Å². The molecule has 0 amide bonds. The van der Waals surface area contributed by atoms with Crippen LogP contribution in [0.15, 0.2) is 10.8 Å². The molecule has 0 aliphatic heterocycles. The number of hydrogen-bond acceptors (Lipinski definition) is 3. The van der Waals surface area contributed by atoms with Crippen LogP contribution in [0, 0.1) is 6.92 Å². The molecule has 0 unspecified atom stereocenters. The highest BCUT2D eigenvalue weighted by Crippen LogP contribution is 2.13. The topological polar surface area (TPSA) is 24.1 Å². The monoisotopic (exact) mass is 226 g/mol. The summed E-state index contributed by atoms with van der Waals surface area (Å²) in [5.74, 6) is 0. The molecule has 0 spiro atoms. The summed E-state index contributed by atoms with van der Waals surface area (Å²) in [7, 11) is 0. The highest BCUT2D eigenvalue weighted by Gasteiger charge is 2.14. The molecule has 2 N–H and O–H groups in total. The zero-order chi connectivity index (χ0) is 11.3. The molecule has 0 radical (unpaired) electrons. The largest absolute Gasteiger partial charge is 0.311 e. The average Bonchev–Trinajstić information content (AvgIpc) is 2.51. The van der Waals surface area contributed by atoms with Crippen LogP contribution in [0.2, 0.25) is 0 Å². The SMILES string of the molecule is CCNC(C)(C)CNCc1cscc1C. The minimum atomic E-state index is 0.179. The zero-order valence-corrected chi connectivity index (χ0v) is 11.0. The van der Waals surface area contributed by atoms with E-state index in [1.165, 1.54) is 11.1 Å². The Bertz CT molecular complexity index is 292. The number of thiophene rings is 1. The lowest BCUT2D eigenvalue weighted by Crippen LogP contribution is -2.47. The maximum absolute atomic E-state index is 3.50. The van der Waals surface area contributed by atoms with E-state index in [-0.39, 0.29) is 5.54 Å². The van der Waals surface area contributed by atoms with Crippen LogP contribution in [0.4, 0.5) is 0 Å². The Morgan fingerprint density at radius 2 is 2.07 bits per heavy atom. The van der Waals surface area contributed by atoms with Gasteiger partial charge in [-0.3, -0.25) is 0 Å². The van der Waals surface area contributed by atoms with E-state index in [0.717, 1.165) is 19.6 Å². The van der Waals surface area contributed by atoms with Crippen LogP contribution in [0.1, 0.15) is 31.9 Å². The lowest BCUT2D eigenvalue weighted by Gasteiger charge is -2.26. The fraction of sp³-hybridized carbons (Fsp3) is 0.667. The normalized spacial score (nSPS) is 12.0. The predicted molar refractivity (Wildman–Crippen MR) is 68.5 cm³/mol. The molecule has 0 saturated carbocycles. The summed E-state index contributed by atoms with van der Waals surface area (Å²) in [6.07, 6.45) is 0. The first-order valence-corrected chi connectivity index (χ1v) is 6.47. The Morgan fingerprint density at radius 1 is 1.33 bits per heavy atom. The van der Waals surface area contributed by atoms with Gasteiger partial charge in [0.05, 0.1) is 0 Å². The minimum absolute atomic E-state index is 0.179. The lowest BCUT2D eigenvalue weighted by atomic mass is 10.1. The van der Waals surface area contributed by atoms with Gasteiger partial charge in [0.1, 0.15) is 0 Å².